The molecule has 7 heteroatoms. The summed E-state index contributed by atoms with van der Waals surface area (Å²) in [5.41, 5.74) is 10.7. The lowest BCUT2D eigenvalue weighted by molar-refractivity contribution is 0.105. The minimum absolute atomic E-state index is 0.0596. The predicted octanol–water partition coefficient (Wildman–Crippen LogP) is 4.86. The number of aromatic amines is 1. The lowest BCUT2D eigenvalue weighted by Crippen LogP contribution is -2.46. The van der Waals surface area contributed by atoms with E-state index in [-0.39, 0.29) is 17.6 Å². The number of hydrogen-bond donors (Lipinski definition) is 1. The Morgan fingerprint density at radius 2 is 1.86 bits per heavy atom. The monoisotopic (exact) mass is 396 g/mol. The highest BCUT2D eigenvalue weighted by atomic mass is 16.1. The minimum Gasteiger partial charge on any atom is -0.306 e. The fourth-order valence-corrected chi connectivity index (χ4v) is 5.41. The highest BCUT2D eigenvalue weighted by molar-refractivity contribution is 5.75. The first kappa shape index (κ1) is 20.0. The molecule has 156 valence electrons. The molecule has 2 fully saturated rings. The fourth-order valence-electron chi connectivity index (χ4n) is 5.41. The van der Waals surface area contributed by atoms with Crippen LogP contribution in [0.3, 0.4) is 0 Å². The van der Waals surface area contributed by atoms with Crippen LogP contribution in [-0.4, -0.2) is 40.6 Å². The number of likely N-dealkylation sites (tertiary alicyclic amines) is 1. The molecular weight excluding hydrogens is 364 g/mol. The SMILES string of the molecule is [N-]=[N+]=NCC1CN(CC2CCCCCCC2)CCC1n1c(=O)[nH]c2ccccc21. The summed E-state index contributed by atoms with van der Waals surface area (Å²) in [5.74, 6) is 0.938. The molecule has 1 aliphatic heterocycles. The molecule has 1 saturated heterocycles. The predicted molar refractivity (Wildman–Crippen MR) is 116 cm³/mol. The van der Waals surface area contributed by atoms with Gasteiger partial charge < -0.3 is 9.88 Å². The van der Waals surface area contributed by atoms with Gasteiger partial charge in [0.15, 0.2) is 0 Å². The van der Waals surface area contributed by atoms with Crippen LogP contribution in [0.15, 0.2) is 34.2 Å². The zero-order valence-electron chi connectivity index (χ0n) is 17.2. The number of H-pyrrole nitrogens is 1. The van der Waals surface area contributed by atoms with Crippen molar-refractivity contribution in [3.8, 4) is 0 Å². The molecule has 0 amide bonds. The Hall–Kier alpha value is -2.24. The number of aromatic nitrogens is 2. The molecule has 29 heavy (non-hydrogen) atoms. The van der Waals surface area contributed by atoms with Crippen molar-refractivity contribution in [1.82, 2.24) is 14.5 Å². The summed E-state index contributed by atoms with van der Waals surface area (Å²) in [6.45, 7) is 3.47. The number of piperidine rings is 1. The van der Waals surface area contributed by atoms with Crippen LogP contribution in [0.4, 0.5) is 0 Å². The quantitative estimate of drug-likeness (QED) is 0.444. The number of nitrogens with zero attached hydrogens (tertiary/aromatic N) is 5. The maximum atomic E-state index is 12.7. The van der Waals surface area contributed by atoms with Crippen molar-refractivity contribution in [2.45, 2.75) is 57.4 Å². The first-order valence-corrected chi connectivity index (χ1v) is 11.2. The van der Waals surface area contributed by atoms with Gasteiger partial charge in [-0.15, -0.1) is 0 Å². The summed E-state index contributed by atoms with van der Waals surface area (Å²) in [5, 5.41) is 3.90. The van der Waals surface area contributed by atoms with Crippen LogP contribution < -0.4 is 5.69 Å². The largest absolute Gasteiger partial charge is 0.326 e. The molecule has 2 atom stereocenters. The van der Waals surface area contributed by atoms with Crippen LogP contribution in [0.1, 0.15) is 57.4 Å². The lowest BCUT2D eigenvalue weighted by Gasteiger charge is -2.40. The molecule has 7 nitrogen and oxygen atoms in total. The Morgan fingerprint density at radius 3 is 2.66 bits per heavy atom. The highest BCUT2D eigenvalue weighted by Crippen LogP contribution is 2.32. The molecule has 0 spiro atoms. The highest BCUT2D eigenvalue weighted by Gasteiger charge is 2.32. The van der Waals surface area contributed by atoms with E-state index in [0.717, 1.165) is 43.0 Å². The van der Waals surface area contributed by atoms with Crippen LogP contribution in [0.5, 0.6) is 0 Å². The zero-order chi connectivity index (χ0) is 20.1. The van der Waals surface area contributed by atoms with Crippen LogP contribution in [0.2, 0.25) is 0 Å². The van der Waals surface area contributed by atoms with Crippen molar-refractivity contribution in [3.05, 3.63) is 45.2 Å². The van der Waals surface area contributed by atoms with Gasteiger partial charge >= 0.3 is 5.69 Å². The molecule has 0 radical (unpaired) electrons. The van der Waals surface area contributed by atoms with Gasteiger partial charge in [-0.1, -0.05) is 49.4 Å². The fraction of sp³-hybridized carbons (Fsp3) is 0.682. The maximum absolute atomic E-state index is 12.7. The number of hydrogen-bond acceptors (Lipinski definition) is 3. The Bertz CT molecular complexity index is 903. The molecule has 0 bridgehead atoms. The number of rotatable bonds is 5. The van der Waals surface area contributed by atoms with E-state index in [0.29, 0.717) is 6.54 Å². The van der Waals surface area contributed by atoms with Crippen molar-refractivity contribution < 1.29 is 0 Å². The number of azide groups is 1. The van der Waals surface area contributed by atoms with E-state index in [1.54, 1.807) is 0 Å². The van der Waals surface area contributed by atoms with Gasteiger partial charge in [-0.2, -0.15) is 0 Å². The second kappa shape index (κ2) is 9.51. The van der Waals surface area contributed by atoms with E-state index in [1.165, 1.54) is 44.9 Å². The van der Waals surface area contributed by atoms with E-state index in [2.05, 4.69) is 19.9 Å². The number of fused-ring (bicyclic) bond motifs is 1. The smallest absolute Gasteiger partial charge is 0.306 e. The van der Waals surface area contributed by atoms with Gasteiger partial charge in [-0.3, -0.25) is 4.57 Å². The van der Waals surface area contributed by atoms with Gasteiger partial charge in [-0.25, -0.2) is 4.79 Å². The normalized spacial score (nSPS) is 24.7. The Morgan fingerprint density at radius 1 is 1.10 bits per heavy atom. The van der Waals surface area contributed by atoms with Crippen LogP contribution in [-0.2, 0) is 0 Å². The average molecular weight is 397 g/mol. The topological polar surface area (TPSA) is 89.8 Å². The average Bonchev–Trinajstić information content (AvgIpc) is 3.04. The van der Waals surface area contributed by atoms with Gasteiger partial charge in [0.1, 0.15) is 0 Å². The molecule has 1 aromatic heterocycles. The van der Waals surface area contributed by atoms with E-state index >= 15 is 0 Å². The third-order valence-corrected chi connectivity index (χ3v) is 6.85. The summed E-state index contributed by atoms with van der Waals surface area (Å²) in [7, 11) is 0. The molecule has 2 aromatic rings. The van der Waals surface area contributed by atoms with E-state index < -0.39 is 0 Å². The van der Waals surface area contributed by atoms with Crippen molar-refractivity contribution in [2.24, 2.45) is 17.0 Å². The standard InChI is InChI=1S/C22H32N6O/c23-26-24-14-18-16-27(15-17-8-4-2-1-3-5-9-17)13-12-20(18)28-21-11-7-6-10-19(21)25-22(28)29/h6-7,10-11,17-18,20H,1-5,8-9,12-16H2,(H,25,29). The van der Waals surface area contributed by atoms with E-state index in [1.807, 2.05) is 28.8 Å². The first-order valence-electron chi connectivity index (χ1n) is 11.2. The number of nitrogens with one attached hydrogen (secondary N) is 1. The number of benzene rings is 1. The van der Waals surface area contributed by atoms with Crippen LogP contribution >= 0.6 is 0 Å². The van der Waals surface area contributed by atoms with Crippen molar-refractivity contribution in [1.29, 1.82) is 0 Å². The van der Waals surface area contributed by atoms with Gasteiger partial charge in [-0.05, 0) is 48.8 Å². The van der Waals surface area contributed by atoms with Crippen molar-refractivity contribution in [2.75, 3.05) is 26.2 Å². The first-order chi connectivity index (χ1) is 14.3. The van der Waals surface area contributed by atoms with Gasteiger partial charge in [0.05, 0.1) is 11.0 Å². The van der Waals surface area contributed by atoms with Gasteiger partial charge in [0.2, 0.25) is 0 Å². The van der Waals surface area contributed by atoms with E-state index in [4.69, 9.17) is 5.53 Å². The summed E-state index contributed by atoms with van der Waals surface area (Å²) < 4.78 is 1.90. The van der Waals surface area contributed by atoms with Crippen LogP contribution in [0, 0.1) is 11.8 Å². The molecule has 1 aliphatic carbocycles. The molecule has 4 rings (SSSR count). The second-order valence-corrected chi connectivity index (χ2v) is 8.82. The summed E-state index contributed by atoms with van der Waals surface area (Å²) in [4.78, 5) is 21.3. The lowest BCUT2D eigenvalue weighted by atomic mass is 9.88. The minimum atomic E-state index is -0.0596. The third-order valence-electron chi connectivity index (χ3n) is 6.85. The summed E-state index contributed by atoms with van der Waals surface area (Å²) in [6, 6.07) is 7.92. The maximum Gasteiger partial charge on any atom is 0.326 e. The summed E-state index contributed by atoms with van der Waals surface area (Å²) >= 11 is 0. The molecule has 1 saturated carbocycles. The van der Waals surface area contributed by atoms with Gasteiger partial charge in [0, 0.05) is 37.1 Å². The molecule has 1 aromatic carbocycles. The molecular formula is C22H32N6O. The molecule has 2 aliphatic rings. The Balaban J connectivity index is 1.51. The Labute approximate surface area is 171 Å². The van der Waals surface area contributed by atoms with E-state index in [9.17, 15) is 4.79 Å². The van der Waals surface area contributed by atoms with Crippen molar-refractivity contribution in [3.63, 3.8) is 0 Å². The van der Waals surface area contributed by atoms with Crippen molar-refractivity contribution >= 4 is 11.0 Å². The molecule has 2 unspecified atom stereocenters. The third kappa shape index (κ3) is 4.68. The Kier molecular flexibility index (Phi) is 6.57. The molecule has 2 heterocycles. The second-order valence-electron chi connectivity index (χ2n) is 8.82. The number of para-hydroxylation sites is 2. The molecule has 1 N–H and O–H groups in total. The van der Waals surface area contributed by atoms with Crippen LogP contribution in [0.25, 0.3) is 21.5 Å². The summed E-state index contributed by atoms with van der Waals surface area (Å²) in [6.07, 6.45) is 10.4. The number of imidazole rings is 1. The zero-order valence-corrected chi connectivity index (χ0v) is 17.2. The van der Waals surface area contributed by atoms with Gasteiger partial charge in [0.25, 0.3) is 0 Å².